The molecule has 0 radical (unpaired) electrons. The van der Waals surface area contributed by atoms with E-state index in [9.17, 15) is 4.79 Å². The fraction of sp³-hybridized carbons (Fsp3) is 0.250. The minimum absolute atomic E-state index is 0.0676. The van der Waals surface area contributed by atoms with Crippen LogP contribution in [0.2, 0.25) is 5.02 Å². The number of benzene rings is 3. The Morgan fingerprint density at radius 2 is 1.71 bits per heavy atom. The second-order valence-corrected chi connectivity index (χ2v) is 11.6. The summed E-state index contributed by atoms with van der Waals surface area (Å²) in [5.74, 6) is 0.521. The number of amides is 1. The Hall–Kier alpha value is -3.28. The monoisotopic (exact) mass is 539 g/mol. The summed E-state index contributed by atoms with van der Waals surface area (Å²) in [4.78, 5) is 21.6. The van der Waals surface area contributed by atoms with Crippen molar-refractivity contribution in [1.82, 2.24) is 9.47 Å². The molecule has 0 spiro atoms. The number of carbonyl (C=O) groups excluding carboxylic acids is 1. The van der Waals surface area contributed by atoms with Crippen LogP contribution in [0.1, 0.15) is 43.7 Å². The molecule has 0 N–H and O–H groups in total. The van der Waals surface area contributed by atoms with Gasteiger partial charge in [-0.05, 0) is 72.5 Å². The summed E-state index contributed by atoms with van der Waals surface area (Å²) in [5, 5.41) is 2.66. The molecular weight excluding hydrogens is 510 g/mol. The molecule has 4 aromatic rings. The quantitative estimate of drug-likeness (QED) is 0.238. The standard InChI is InChI=1S/C32H30ClN3OS/c1-22-9-5-7-13-28(22)36-31(37)30(38-32(36)34-26-10-3-2-4-11-26)19-24-21-35(29-14-8-6-12-27(24)29)20-23-15-17-25(33)18-16-23/h2-4,6,8,10-12,14-19,21-22,28H,5,7,9,13,20H2,1H3/b30-19-,34-32?/t22-,28+/m0/s1. The molecule has 1 aromatic heterocycles. The van der Waals surface area contributed by atoms with Crippen LogP contribution in [-0.4, -0.2) is 26.6 Å². The van der Waals surface area contributed by atoms with Gasteiger partial charge < -0.3 is 4.57 Å². The second-order valence-electron chi connectivity index (χ2n) is 10.2. The van der Waals surface area contributed by atoms with Gasteiger partial charge in [-0.3, -0.25) is 9.69 Å². The molecule has 38 heavy (non-hydrogen) atoms. The number of fused-ring (bicyclic) bond motifs is 1. The van der Waals surface area contributed by atoms with E-state index in [1.807, 2.05) is 47.4 Å². The Bertz CT molecular complexity index is 1520. The molecule has 1 aliphatic carbocycles. The third-order valence-electron chi connectivity index (χ3n) is 7.59. The van der Waals surface area contributed by atoms with Gasteiger partial charge in [0, 0.05) is 40.3 Å². The lowest BCUT2D eigenvalue weighted by Gasteiger charge is -2.35. The van der Waals surface area contributed by atoms with Crippen molar-refractivity contribution >= 4 is 57.1 Å². The summed E-state index contributed by atoms with van der Waals surface area (Å²) in [7, 11) is 0. The minimum atomic E-state index is 0.0676. The molecule has 1 amide bonds. The fourth-order valence-electron chi connectivity index (χ4n) is 5.60. The molecule has 3 aromatic carbocycles. The molecule has 6 heteroatoms. The van der Waals surface area contributed by atoms with E-state index in [1.54, 1.807) is 0 Å². The Morgan fingerprint density at radius 1 is 0.974 bits per heavy atom. The number of halogens is 1. The molecule has 6 rings (SSSR count). The van der Waals surface area contributed by atoms with E-state index < -0.39 is 0 Å². The highest BCUT2D eigenvalue weighted by atomic mass is 35.5. The molecule has 4 nitrogen and oxygen atoms in total. The third kappa shape index (κ3) is 5.05. The Kier molecular flexibility index (Phi) is 7.14. The smallest absolute Gasteiger partial charge is 0.267 e. The van der Waals surface area contributed by atoms with Crippen LogP contribution in [0.5, 0.6) is 0 Å². The van der Waals surface area contributed by atoms with Gasteiger partial charge in [0.2, 0.25) is 0 Å². The van der Waals surface area contributed by atoms with E-state index in [-0.39, 0.29) is 11.9 Å². The summed E-state index contributed by atoms with van der Waals surface area (Å²) in [6.45, 7) is 3.00. The Labute approximate surface area is 233 Å². The summed E-state index contributed by atoms with van der Waals surface area (Å²) in [5.41, 5.74) is 4.23. The van der Waals surface area contributed by atoms with Gasteiger partial charge in [-0.15, -0.1) is 0 Å². The summed E-state index contributed by atoms with van der Waals surface area (Å²) in [6.07, 6.45) is 8.76. The van der Waals surface area contributed by atoms with E-state index in [1.165, 1.54) is 23.7 Å². The molecule has 0 bridgehead atoms. The maximum atomic E-state index is 14.0. The highest BCUT2D eigenvalue weighted by Crippen LogP contribution is 2.40. The van der Waals surface area contributed by atoms with Crippen LogP contribution in [0.25, 0.3) is 17.0 Å². The maximum Gasteiger partial charge on any atom is 0.267 e. The van der Waals surface area contributed by atoms with Gasteiger partial charge in [-0.2, -0.15) is 0 Å². The van der Waals surface area contributed by atoms with Crippen molar-refractivity contribution in [3.8, 4) is 0 Å². The van der Waals surface area contributed by atoms with Gasteiger partial charge in [0.25, 0.3) is 5.91 Å². The number of hydrogen-bond acceptors (Lipinski definition) is 3. The molecule has 1 saturated heterocycles. The van der Waals surface area contributed by atoms with Gasteiger partial charge in [-0.25, -0.2) is 4.99 Å². The van der Waals surface area contributed by atoms with Gasteiger partial charge in [0.05, 0.1) is 10.6 Å². The zero-order valence-corrected chi connectivity index (χ0v) is 23.0. The van der Waals surface area contributed by atoms with Crippen molar-refractivity contribution in [3.05, 3.63) is 106 Å². The first-order valence-corrected chi connectivity index (χ1v) is 14.5. The zero-order valence-electron chi connectivity index (χ0n) is 21.4. The van der Waals surface area contributed by atoms with E-state index in [2.05, 4.69) is 60.2 Å². The maximum absolute atomic E-state index is 14.0. The predicted molar refractivity (Wildman–Crippen MR) is 160 cm³/mol. The number of hydrogen-bond donors (Lipinski definition) is 0. The molecule has 2 fully saturated rings. The van der Waals surface area contributed by atoms with E-state index in [0.717, 1.165) is 63.1 Å². The molecule has 1 saturated carbocycles. The molecule has 2 aliphatic rings. The largest absolute Gasteiger partial charge is 0.342 e. The zero-order chi connectivity index (χ0) is 26.1. The topological polar surface area (TPSA) is 37.6 Å². The minimum Gasteiger partial charge on any atom is -0.342 e. The number of nitrogens with zero attached hydrogens (tertiary/aromatic N) is 3. The Morgan fingerprint density at radius 3 is 2.50 bits per heavy atom. The van der Waals surface area contributed by atoms with E-state index in [4.69, 9.17) is 16.6 Å². The van der Waals surface area contributed by atoms with E-state index >= 15 is 0 Å². The number of aromatic nitrogens is 1. The van der Waals surface area contributed by atoms with Crippen LogP contribution in [0.3, 0.4) is 0 Å². The summed E-state index contributed by atoms with van der Waals surface area (Å²) in [6, 6.07) is 26.5. The average Bonchev–Trinajstić information content (AvgIpc) is 3.43. The SMILES string of the molecule is C[C@H]1CCCC[C@H]1N1C(=O)/C(=C/c2cn(Cc3ccc(Cl)cc3)c3ccccc23)SC1=Nc1ccccc1. The van der Waals surface area contributed by atoms with Crippen molar-refractivity contribution in [1.29, 1.82) is 0 Å². The third-order valence-corrected chi connectivity index (χ3v) is 8.82. The second kappa shape index (κ2) is 10.8. The van der Waals surface area contributed by atoms with E-state index in [0.29, 0.717) is 5.92 Å². The van der Waals surface area contributed by atoms with Crippen LogP contribution in [-0.2, 0) is 11.3 Å². The van der Waals surface area contributed by atoms with Crippen molar-refractivity contribution in [2.24, 2.45) is 10.9 Å². The number of carbonyl (C=O) groups is 1. The first-order chi connectivity index (χ1) is 18.6. The molecule has 0 unspecified atom stereocenters. The number of rotatable bonds is 5. The highest BCUT2D eigenvalue weighted by molar-refractivity contribution is 8.18. The van der Waals surface area contributed by atoms with Crippen LogP contribution in [0.15, 0.2) is 95.0 Å². The average molecular weight is 540 g/mol. The molecule has 2 atom stereocenters. The lowest BCUT2D eigenvalue weighted by molar-refractivity contribution is -0.124. The highest BCUT2D eigenvalue weighted by Gasteiger charge is 2.41. The lowest BCUT2D eigenvalue weighted by atomic mass is 9.85. The molecule has 1 aliphatic heterocycles. The Balaban J connectivity index is 1.39. The van der Waals surface area contributed by atoms with Crippen LogP contribution >= 0.6 is 23.4 Å². The first kappa shape index (κ1) is 25.0. The predicted octanol–water partition coefficient (Wildman–Crippen LogP) is 8.53. The van der Waals surface area contributed by atoms with Crippen molar-refractivity contribution < 1.29 is 4.79 Å². The summed E-state index contributed by atoms with van der Waals surface area (Å²) >= 11 is 7.60. The van der Waals surface area contributed by atoms with Gasteiger partial charge in [0.15, 0.2) is 5.17 Å². The number of aliphatic imine (C=N–C) groups is 1. The van der Waals surface area contributed by atoms with Gasteiger partial charge >= 0.3 is 0 Å². The fourth-order valence-corrected chi connectivity index (χ4v) is 6.76. The number of amidine groups is 1. The van der Waals surface area contributed by atoms with Crippen LogP contribution in [0.4, 0.5) is 5.69 Å². The van der Waals surface area contributed by atoms with Crippen molar-refractivity contribution in [2.75, 3.05) is 0 Å². The van der Waals surface area contributed by atoms with Crippen LogP contribution < -0.4 is 0 Å². The molecule has 192 valence electrons. The first-order valence-electron chi connectivity index (χ1n) is 13.3. The summed E-state index contributed by atoms with van der Waals surface area (Å²) < 4.78 is 2.25. The molecular formula is C32H30ClN3OS. The van der Waals surface area contributed by atoms with Crippen molar-refractivity contribution in [3.63, 3.8) is 0 Å². The lowest BCUT2D eigenvalue weighted by Crippen LogP contribution is -2.44. The number of thioether (sulfide) groups is 1. The normalized spacial score (nSPS) is 22.2. The van der Waals surface area contributed by atoms with Crippen LogP contribution in [0, 0.1) is 5.92 Å². The van der Waals surface area contributed by atoms with Gasteiger partial charge in [-0.1, -0.05) is 79.9 Å². The number of para-hydroxylation sites is 2. The van der Waals surface area contributed by atoms with Crippen molar-refractivity contribution in [2.45, 2.75) is 45.2 Å². The molecule has 2 heterocycles. The van der Waals surface area contributed by atoms with Gasteiger partial charge in [0.1, 0.15) is 0 Å².